The SMILES string of the molecule is CCCCCCCCCCCCCCCCCCCCC(=O)O[C@H](COC(=O)CCCCCCCCC)COC(=O)CCCCCCCCCCCCCCCC(C)C. The Hall–Kier alpha value is -1.59. The smallest absolute Gasteiger partial charge is 0.306 e. The molecule has 0 aromatic heterocycles. The normalized spacial score (nSPS) is 11.9. The van der Waals surface area contributed by atoms with Crippen molar-refractivity contribution in [1.82, 2.24) is 0 Å². The second-order valence-corrected chi connectivity index (χ2v) is 18.6. The minimum absolute atomic E-state index is 0.0631. The summed E-state index contributed by atoms with van der Waals surface area (Å²) < 4.78 is 16.8. The maximum atomic E-state index is 12.8. The van der Waals surface area contributed by atoms with E-state index in [0.29, 0.717) is 19.3 Å². The quantitative estimate of drug-likeness (QED) is 0.0345. The molecule has 6 nitrogen and oxygen atoms in total. The van der Waals surface area contributed by atoms with Crippen LogP contribution in [0, 0.1) is 5.92 Å². The fraction of sp³-hybridized carbons (Fsp3) is 0.943. The first kappa shape index (κ1) is 57.4. The molecule has 0 aliphatic carbocycles. The minimum atomic E-state index is -0.759. The Morgan fingerprint density at radius 3 is 0.831 bits per heavy atom. The Kier molecular flexibility index (Phi) is 46.2. The Morgan fingerprint density at radius 2 is 0.559 bits per heavy atom. The van der Waals surface area contributed by atoms with Crippen LogP contribution in [0.3, 0.4) is 0 Å². The van der Waals surface area contributed by atoms with E-state index in [0.717, 1.165) is 63.7 Å². The van der Waals surface area contributed by atoms with Crippen molar-refractivity contribution in [3.8, 4) is 0 Å². The van der Waals surface area contributed by atoms with Gasteiger partial charge in [-0.15, -0.1) is 0 Å². The molecule has 0 aromatic carbocycles. The van der Waals surface area contributed by atoms with E-state index in [2.05, 4.69) is 27.7 Å². The Morgan fingerprint density at radius 1 is 0.322 bits per heavy atom. The molecule has 0 saturated carbocycles. The van der Waals surface area contributed by atoms with Crippen molar-refractivity contribution >= 4 is 17.9 Å². The van der Waals surface area contributed by atoms with Gasteiger partial charge < -0.3 is 14.2 Å². The molecule has 350 valence electrons. The van der Waals surface area contributed by atoms with E-state index < -0.39 is 6.10 Å². The van der Waals surface area contributed by atoms with Crippen molar-refractivity contribution in [1.29, 1.82) is 0 Å². The summed E-state index contributed by atoms with van der Waals surface area (Å²) in [6.45, 7) is 9.00. The first-order valence-electron chi connectivity index (χ1n) is 26.4. The van der Waals surface area contributed by atoms with Gasteiger partial charge in [0.1, 0.15) is 13.2 Å². The molecule has 0 unspecified atom stereocenters. The van der Waals surface area contributed by atoms with Gasteiger partial charge in [0, 0.05) is 19.3 Å². The van der Waals surface area contributed by atoms with Crippen molar-refractivity contribution < 1.29 is 28.6 Å². The van der Waals surface area contributed by atoms with Gasteiger partial charge in [-0.05, 0) is 25.2 Å². The molecule has 0 N–H and O–H groups in total. The van der Waals surface area contributed by atoms with Gasteiger partial charge in [0.2, 0.25) is 0 Å². The van der Waals surface area contributed by atoms with Crippen LogP contribution in [-0.4, -0.2) is 37.2 Å². The van der Waals surface area contributed by atoms with Crippen LogP contribution in [0.4, 0.5) is 0 Å². The van der Waals surface area contributed by atoms with E-state index in [9.17, 15) is 14.4 Å². The largest absolute Gasteiger partial charge is 0.462 e. The Labute approximate surface area is 368 Å². The summed E-state index contributed by atoms with van der Waals surface area (Å²) in [7, 11) is 0. The molecule has 59 heavy (non-hydrogen) atoms. The lowest BCUT2D eigenvalue weighted by molar-refractivity contribution is -0.167. The molecule has 0 spiro atoms. The van der Waals surface area contributed by atoms with Gasteiger partial charge in [-0.3, -0.25) is 14.4 Å². The zero-order valence-electron chi connectivity index (χ0n) is 40.2. The third kappa shape index (κ3) is 47.3. The highest BCUT2D eigenvalue weighted by atomic mass is 16.6. The van der Waals surface area contributed by atoms with Crippen LogP contribution < -0.4 is 0 Å². The molecule has 1 atom stereocenters. The highest BCUT2D eigenvalue weighted by Crippen LogP contribution is 2.17. The predicted molar refractivity (Wildman–Crippen MR) is 252 cm³/mol. The maximum Gasteiger partial charge on any atom is 0.306 e. The number of hydrogen-bond acceptors (Lipinski definition) is 6. The number of esters is 3. The van der Waals surface area contributed by atoms with Crippen molar-refractivity contribution in [2.75, 3.05) is 13.2 Å². The highest BCUT2D eigenvalue weighted by molar-refractivity contribution is 5.71. The summed E-state index contributed by atoms with van der Waals surface area (Å²) in [6, 6.07) is 0. The third-order valence-electron chi connectivity index (χ3n) is 12.0. The van der Waals surface area contributed by atoms with Crippen molar-refractivity contribution in [3.05, 3.63) is 0 Å². The van der Waals surface area contributed by atoms with Crippen LogP contribution in [0.15, 0.2) is 0 Å². The maximum absolute atomic E-state index is 12.8. The molecule has 0 fully saturated rings. The van der Waals surface area contributed by atoms with Crippen LogP contribution in [0.5, 0.6) is 0 Å². The van der Waals surface area contributed by atoms with Crippen molar-refractivity contribution in [2.45, 2.75) is 303 Å². The summed E-state index contributed by atoms with van der Waals surface area (Å²) in [6.07, 6.45) is 49.6. The third-order valence-corrected chi connectivity index (χ3v) is 12.0. The van der Waals surface area contributed by atoms with Gasteiger partial charge in [-0.25, -0.2) is 0 Å². The van der Waals surface area contributed by atoms with E-state index in [1.54, 1.807) is 0 Å². The van der Waals surface area contributed by atoms with Gasteiger partial charge in [0.05, 0.1) is 0 Å². The summed E-state index contributed by atoms with van der Waals surface area (Å²) in [5.74, 6) is -0.0102. The van der Waals surface area contributed by atoms with E-state index in [-0.39, 0.29) is 31.1 Å². The number of hydrogen-bond donors (Lipinski definition) is 0. The predicted octanol–water partition coefficient (Wildman–Crippen LogP) is 17.1. The standard InChI is InChI=1S/C53H102O6/c1-5-7-9-11-13-14-15-16-17-18-19-20-23-27-30-34-38-42-46-53(56)59-50(47-57-51(54)44-40-36-31-12-10-8-6-2)48-58-52(55)45-41-37-33-29-26-24-21-22-25-28-32-35-39-43-49(3)4/h49-50H,5-48H2,1-4H3/t50-/m1/s1. The topological polar surface area (TPSA) is 78.9 Å². The van der Waals surface area contributed by atoms with E-state index in [1.165, 1.54) is 193 Å². The van der Waals surface area contributed by atoms with Crippen LogP contribution in [0.1, 0.15) is 297 Å². The van der Waals surface area contributed by atoms with Gasteiger partial charge in [0.25, 0.3) is 0 Å². The van der Waals surface area contributed by atoms with Crippen LogP contribution in [0.25, 0.3) is 0 Å². The second-order valence-electron chi connectivity index (χ2n) is 18.6. The van der Waals surface area contributed by atoms with Gasteiger partial charge in [-0.1, -0.05) is 259 Å². The number of carbonyl (C=O) groups excluding carboxylic acids is 3. The fourth-order valence-corrected chi connectivity index (χ4v) is 8.04. The summed E-state index contributed by atoms with van der Waals surface area (Å²) in [5.41, 5.74) is 0. The molecule has 0 bridgehead atoms. The molecule has 0 aliphatic heterocycles. The number of unbranched alkanes of at least 4 members (excludes halogenated alkanes) is 35. The summed E-state index contributed by atoms with van der Waals surface area (Å²) in [5, 5.41) is 0. The lowest BCUT2D eigenvalue weighted by Gasteiger charge is -2.18. The fourth-order valence-electron chi connectivity index (χ4n) is 8.04. The Bertz CT molecular complexity index is 887. The van der Waals surface area contributed by atoms with Crippen molar-refractivity contribution in [3.63, 3.8) is 0 Å². The second kappa shape index (κ2) is 47.5. The van der Waals surface area contributed by atoms with Crippen molar-refractivity contribution in [2.24, 2.45) is 5.92 Å². The molecule has 6 heteroatoms. The zero-order valence-corrected chi connectivity index (χ0v) is 40.2. The van der Waals surface area contributed by atoms with E-state index in [1.807, 2.05) is 0 Å². The minimum Gasteiger partial charge on any atom is -0.462 e. The number of ether oxygens (including phenoxy) is 3. The van der Waals surface area contributed by atoms with Crippen LogP contribution in [-0.2, 0) is 28.6 Å². The summed E-state index contributed by atoms with van der Waals surface area (Å²) in [4.78, 5) is 37.8. The average Bonchev–Trinajstić information content (AvgIpc) is 3.22. The molecule has 0 saturated heterocycles. The molecular weight excluding hydrogens is 733 g/mol. The van der Waals surface area contributed by atoms with Gasteiger partial charge in [0.15, 0.2) is 6.10 Å². The zero-order chi connectivity index (χ0) is 43.1. The first-order valence-corrected chi connectivity index (χ1v) is 26.4. The molecule has 0 aromatic rings. The number of rotatable bonds is 48. The van der Waals surface area contributed by atoms with Gasteiger partial charge >= 0.3 is 17.9 Å². The molecular formula is C53H102O6. The molecule has 0 radical (unpaired) electrons. The monoisotopic (exact) mass is 835 g/mol. The van der Waals surface area contributed by atoms with E-state index in [4.69, 9.17) is 14.2 Å². The molecule has 0 rings (SSSR count). The lowest BCUT2D eigenvalue weighted by atomic mass is 10.0. The van der Waals surface area contributed by atoms with Crippen LogP contribution >= 0.6 is 0 Å². The molecule has 0 amide bonds. The lowest BCUT2D eigenvalue weighted by Crippen LogP contribution is -2.30. The Balaban J connectivity index is 4.18. The highest BCUT2D eigenvalue weighted by Gasteiger charge is 2.19. The van der Waals surface area contributed by atoms with Crippen LogP contribution in [0.2, 0.25) is 0 Å². The average molecular weight is 835 g/mol. The summed E-state index contributed by atoms with van der Waals surface area (Å²) >= 11 is 0. The first-order chi connectivity index (χ1) is 28.9. The number of carbonyl (C=O) groups is 3. The van der Waals surface area contributed by atoms with Gasteiger partial charge in [-0.2, -0.15) is 0 Å². The molecule has 0 aliphatic rings. The van der Waals surface area contributed by atoms with E-state index >= 15 is 0 Å². The molecule has 0 heterocycles.